The maximum absolute atomic E-state index is 12.5. The summed E-state index contributed by atoms with van der Waals surface area (Å²) in [7, 11) is -3.77. The van der Waals surface area contributed by atoms with Crippen molar-refractivity contribution in [3.8, 4) is 6.07 Å². The van der Waals surface area contributed by atoms with E-state index in [0.29, 0.717) is 30.4 Å². The number of carboxylic acid groups (broad SMARTS) is 2. The van der Waals surface area contributed by atoms with Gasteiger partial charge in [0.25, 0.3) is 0 Å². The summed E-state index contributed by atoms with van der Waals surface area (Å²) in [4.78, 5) is 46.1. The molecular weight excluding hydrogens is 680 g/mol. The molecule has 1 aromatic carbocycles. The van der Waals surface area contributed by atoms with Gasteiger partial charge in [-0.2, -0.15) is 31.6 Å². The van der Waals surface area contributed by atoms with E-state index in [0.717, 1.165) is 12.8 Å². The van der Waals surface area contributed by atoms with Crippen LogP contribution in [0.1, 0.15) is 12.8 Å². The number of alkyl halides is 6. The molecule has 2 aliphatic rings. The number of amides is 2. The van der Waals surface area contributed by atoms with E-state index in [1.54, 1.807) is 21.7 Å². The van der Waals surface area contributed by atoms with Crippen LogP contribution in [0.15, 0.2) is 29.2 Å². The van der Waals surface area contributed by atoms with Crippen LogP contribution in [0.3, 0.4) is 0 Å². The first-order valence-corrected chi connectivity index (χ1v) is 15.3. The Kier molecular flexibility index (Phi) is 15.2. The van der Waals surface area contributed by atoms with Gasteiger partial charge < -0.3 is 20.4 Å². The molecule has 258 valence electrons. The van der Waals surface area contributed by atoms with Crippen LogP contribution in [-0.2, 0) is 29.2 Å². The van der Waals surface area contributed by atoms with Gasteiger partial charge in [0.2, 0.25) is 21.8 Å². The van der Waals surface area contributed by atoms with Gasteiger partial charge in [-0.25, -0.2) is 28.2 Å². The van der Waals surface area contributed by atoms with Gasteiger partial charge >= 0.3 is 24.3 Å². The van der Waals surface area contributed by atoms with Crippen molar-refractivity contribution < 1.29 is 64.2 Å². The molecule has 0 bridgehead atoms. The maximum Gasteiger partial charge on any atom is 0.490 e. The molecule has 2 saturated heterocycles. The lowest BCUT2D eigenvalue weighted by Gasteiger charge is -2.36. The second-order valence-corrected chi connectivity index (χ2v) is 12.0. The van der Waals surface area contributed by atoms with Crippen molar-refractivity contribution in [2.75, 3.05) is 43.1 Å². The molecule has 15 nitrogen and oxygen atoms in total. The van der Waals surface area contributed by atoms with Crippen LogP contribution in [0.2, 0.25) is 0 Å². The lowest BCUT2D eigenvalue weighted by molar-refractivity contribution is -0.193. The lowest BCUT2D eigenvalue weighted by Crippen LogP contribution is -2.53. The minimum Gasteiger partial charge on any atom is -0.475 e. The zero-order valence-electron chi connectivity index (χ0n) is 23.5. The SMILES string of the molecule is N#CC1CSCN1C(=O)CN(N)C1CCN(CC(=O)Nc2ccc(S(N)(=O)=O)cc2)CC1.O=C(O)C(F)(F)F.O=C(O)C(F)(F)F. The Hall–Kier alpha value is -3.69. The number of nitrogens with two attached hydrogens (primary N) is 2. The highest BCUT2D eigenvalue weighted by molar-refractivity contribution is 7.99. The Morgan fingerprint density at radius 3 is 1.91 bits per heavy atom. The number of hydrogen-bond acceptors (Lipinski definition) is 11. The number of rotatable bonds is 7. The number of likely N-dealkylation sites (tertiary alicyclic amines) is 1. The van der Waals surface area contributed by atoms with E-state index in [2.05, 4.69) is 11.4 Å². The Morgan fingerprint density at radius 2 is 1.50 bits per heavy atom. The third kappa shape index (κ3) is 14.2. The number of aliphatic carboxylic acids is 2. The van der Waals surface area contributed by atoms with Crippen molar-refractivity contribution in [3.05, 3.63) is 24.3 Å². The maximum atomic E-state index is 12.5. The molecule has 23 heteroatoms. The molecule has 0 radical (unpaired) electrons. The van der Waals surface area contributed by atoms with Crippen molar-refractivity contribution in [1.82, 2.24) is 14.8 Å². The van der Waals surface area contributed by atoms with Gasteiger partial charge in [0.15, 0.2) is 0 Å². The summed E-state index contributed by atoms with van der Waals surface area (Å²) in [5.41, 5.74) is 0.486. The highest BCUT2D eigenvalue weighted by Crippen LogP contribution is 2.21. The summed E-state index contributed by atoms with van der Waals surface area (Å²) in [6.45, 7) is 1.58. The topological polar surface area (TPSA) is 240 Å². The van der Waals surface area contributed by atoms with Crippen molar-refractivity contribution in [2.24, 2.45) is 11.0 Å². The summed E-state index contributed by atoms with van der Waals surface area (Å²) in [5.74, 6) is 1.43. The standard InChI is InChI=1S/C19H27N7O4S2.2C2HF3O2/c20-9-16-12-31-13-25(16)19(28)11-26(21)15-5-7-24(8-6-15)10-18(27)23-14-1-3-17(4-2-14)32(22,29)30;2*3-2(4,5)1(6)7/h1-4,15-16H,5-8,10-13,21H2,(H,23,27)(H2,22,29,30);2*(H,6,7). The van der Waals surface area contributed by atoms with Crippen molar-refractivity contribution in [3.63, 3.8) is 0 Å². The predicted octanol–water partition coefficient (Wildman–Crippen LogP) is 0.604. The summed E-state index contributed by atoms with van der Waals surface area (Å²) in [6, 6.07) is 7.44. The Morgan fingerprint density at radius 1 is 1.02 bits per heavy atom. The van der Waals surface area contributed by atoms with Crippen molar-refractivity contribution in [2.45, 2.75) is 42.2 Å². The fourth-order valence-electron chi connectivity index (χ4n) is 3.71. The van der Waals surface area contributed by atoms with Crippen LogP contribution in [-0.4, -0.2) is 119 Å². The first kappa shape index (κ1) is 40.3. The number of hydrazine groups is 1. The van der Waals surface area contributed by atoms with Crippen LogP contribution in [0.5, 0.6) is 0 Å². The van der Waals surface area contributed by atoms with Crippen LogP contribution in [0.4, 0.5) is 32.0 Å². The highest BCUT2D eigenvalue weighted by Gasteiger charge is 2.39. The molecule has 0 spiro atoms. The molecular formula is C23H29F6N7O8S2. The summed E-state index contributed by atoms with van der Waals surface area (Å²) < 4.78 is 86.1. The van der Waals surface area contributed by atoms with E-state index in [9.17, 15) is 44.3 Å². The zero-order valence-corrected chi connectivity index (χ0v) is 25.1. The number of nitrogens with one attached hydrogen (secondary N) is 1. The van der Waals surface area contributed by atoms with Crippen LogP contribution in [0, 0.1) is 11.3 Å². The molecule has 0 aliphatic carbocycles. The number of sulfonamides is 1. The molecule has 1 unspecified atom stereocenters. The van der Waals surface area contributed by atoms with Crippen molar-refractivity contribution in [1.29, 1.82) is 5.26 Å². The fourth-order valence-corrected chi connectivity index (χ4v) is 5.33. The Labute approximate surface area is 262 Å². The molecule has 2 amide bonds. The number of carbonyl (C=O) groups is 4. The Balaban J connectivity index is 0.000000629. The number of halogens is 6. The molecule has 7 N–H and O–H groups in total. The fraction of sp³-hybridized carbons (Fsp3) is 0.522. The molecule has 2 fully saturated rings. The minimum absolute atomic E-state index is 0.0194. The largest absolute Gasteiger partial charge is 0.490 e. The van der Waals surface area contributed by atoms with Gasteiger partial charge in [0.05, 0.1) is 29.9 Å². The van der Waals surface area contributed by atoms with E-state index < -0.39 is 40.4 Å². The number of benzene rings is 1. The van der Waals surface area contributed by atoms with Gasteiger partial charge in [-0.1, -0.05) is 0 Å². The van der Waals surface area contributed by atoms with E-state index in [1.165, 1.54) is 24.3 Å². The van der Waals surface area contributed by atoms with E-state index >= 15 is 0 Å². The number of primary sulfonamides is 1. The number of hydrogen-bond donors (Lipinski definition) is 5. The number of nitriles is 1. The molecule has 0 aromatic heterocycles. The van der Waals surface area contributed by atoms with E-state index in [4.69, 9.17) is 36.0 Å². The van der Waals surface area contributed by atoms with Gasteiger partial charge in [0.1, 0.15) is 6.04 Å². The number of carbonyl (C=O) groups excluding carboxylic acids is 2. The molecule has 46 heavy (non-hydrogen) atoms. The number of piperidine rings is 1. The zero-order chi connectivity index (χ0) is 35.5. The lowest BCUT2D eigenvalue weighted by atomic mass is 10.0. The van der Waals surface area contributed by atoms with Gasteiger partial charge in [0, 0.05) is 30.6 Å². The first-order chi connectivity index (χ1) is 21.1. The van der Waals surface area contributed by atoms with Gasteiger partial charge in [-0.15, -0.1) is 11.8 Å². The number of nitrogens with zero attached hydrogens (tertiary/aromatic N) is 4. The minimum atomic E-state index is -5.08. The normalized spacial score (nSPS) is 17.6. The molecule has 3 rings (SSSR count). The van der Waals surface area contributed by atoms with Gasteiger partial charge in [-0.05, 0) is 37.1 Å². The quantitative estimate of drug-likeness (QED) is 0.148. The number of anilines is 1. The number of carboxylic acids is 2. The average Bonchev–Trinajstić information content (AvgIpc) is 3.42. The second-order valence-electron chi connectivity index (χ2n) is 9.41. The third-order valence-electron chi connectivity index (χ3n) is 6.01. The molecule has 2 aliphatic heterocycles. The van der Waals surface area contributed by atoms with Crippen LogP contribution >= 0.6 is 11.8 Å². The number of thioether (sulfide) groups is 1. The van der Waals surface area contributed by atoms with Crippen molar-refractivity contribution >= 4 is 51.2 Å². The summed E-state index contributed by atoms with van der Waals surface area (Å²) in [6.07, 6.45) is -8.73. The highest BCUT2D eigenvalue weighted by atomic mass is 32.2. The molecule has 1 atom stereocenters. The molecule has 2 heterocycles. The average molecular weight is 710 g/mol. The van der Waals surface area contributed by atoms with E-state index in [-0.39, 0.29) is 35.8 Å². The predicted molar refractivity (Wildman–Crippen MR) is 148 cm³/mol. The van der Waals surface area contributed by atoms with Gasteiger partial charge in [-0.3, -0.25) is 20.3 Å². The van der Waals surface area contributed by atoms with Crippen LogP contribution < -0.4 is 16.3 Å². The van der Waals surface area contributed by atoms with E-state index in [1.807, 2.05) is 4.90 Å². The van der Waals surface area contributed by atoms with Crippen LogP contribution in [0.25, 0.3) is 0 Å². The summed E-state index contributed by atoms with van der Waals surface area (Å²) in [5, 5.41) is 32.7. The first-order valence-electron chi connectivity index (χ1n) is 12.6. The summed E-state index contributed by atoms with van der Waals surface area (Å²) >= 11 is 1.56. The molecule has 1 aromatic rings. The smallest absolute Gasteiger partial charge is 0.475 e. The second kappa shape index (κ2) is 17.3. The molecule has 0 saturated carbocycles. The third-order valence-corrected chi connectivity index (χ3v) is 7.96. The Bertz CT molecular complexity index is 1340. The monoisotopic (exact) mass is 709 g/mol.